The second kappa shape index (κ2) is 13.8. The maximum Gasteiger partial charge on any atom is 0.508 e. The van der Waals surface area contributed by atoms with Crippen LogP contribution in [-0.4, -0.2) is 55.5 Å². The first-order valence-corrected chi connectivity index (χ1v) is 9.92. The summed E-state index contributed by atoms with van der Waals surface area (Å²) >= 11 is 0. The lowest BCUT2D eigenvalue weighted by atomic mass is 10.1. The van der Waals surface area contributed by atoms with Crippen molar-refractivity contribution in [2.45, 2.75) is 76.9 Å². The van der Waals surface area contributed by atoms with E-state index in [1.807, 2.05) is 0 Å². The minimum atomic E-state index is -0.645. The van der Waals surface area contributed by atoms with E-state index >= 15 is 0 Å². The van der Waals surface area contributed by atoms with Gasteiger partial charge in [-0.15, -0.1) is 0 Å². The highest BCUT2D eigenvalue weighted by Crippen LogP contribution is 2.14. The summed E-state index contributed by atoms with van der Waals surface area (Å²) in [5.74, 6) is -0.372. The third-order valence-electron chi connectivity index (χ3n) is 4.40. The van der Waals surface area contributed by atoms with Gasteiger partial charge >= 0.3 is 12.1 Å². The highest BCUT2D eigenvalue weighted by molar-refractivity contribution is 5.69. The van der Waals surface area contributed by atoms with Crippen LogP contribution in [-0.2, 0) is 19.0 Å². The first-order valence-electron chi connectivity index (χ1n) is 9.92. The van der Waals surface area contributed by atoms with Gasteiger partial charge in [-0.2, -0.15) is 0 Å². The molecule has 0 aromatic rings. The van der Waals surface area contributed by atoms with E-state index in [4.69, 9.17) is 14.2 Å². The predicted molar refractivity (Wildman–Crippen MR) is 100 cm³/mol. The number of likely N-dealkylation sites (tertiary alicyclic amines) is 1. The summed E-state index contributed by atoms with van der Waals surface area (Å²) in [6.07, 6.45) is 6.17. The van der Waals surface area contributed by atoms with Crippen LogP contribution in [0.25, 0.3) is 0 Å². The number of esters is 1. The van der Waals surface area contributed by atoms with Crippen LogP contribution in [0.5, 0.6) is 0 Å². The molecule has 1 atom stereocenters. The van der Waals surface area contributed by atoms with Gasteiger partial charge in [-0.25, -0.2) is 4.79 Å². The molecule has 0 aromatic heterocycles. The number of unbranched alkanes of at least 4 members (excludes halogenated alkanes) is 2. The fraction of sp³-hybridized carbons (Fsp3) is 0.800. The van der Waals surface area contributed by atoms with Crippen LogP contribution in [0.2, 0.25) is 0 Å². The Kier molecular flexibility index (Phi) is 12.1. The van der Waals surface area contributed by atoms with E-state index < -0.39 is 12.3 Å². The summed E-state index contributed by atoms with van der Waals surface area (Å²) in [5, 5.41) is 0. The van der Waals surface area contributed by atoms with Gasteiger partial charge in [0.25, 0.3) is 0 Å². The molecule has 0 bridgehead atoms. The maximum atomic E-state index is 11.9. The molecule has 0 aliphatic carbocycles. The van der Waals surface area contributed by atoms with Crippen LogP contribution in [0.3, 0.4) is 0 Å². The SMILES string of the molecule is [CH2]C([CH2])OC(=O)CCC(CCCCC)OC(=O)OCCCN1CCCC1. The Labute approximate surface area is 158 Å². The number of nitrogens with zero attached hydrogens (tertiary/aromatic N) is 1. The molecule has 150 valence electrons. The number of hydrogen-bond donors (Lipinski definition) is 0. The van der Waals surface area contributed by atoms with Gasteiger partial charge in [0.15, 0.2) is 0 Å². The average Bonchev–Trinajstić information content (AvgIpc) is 3.09. The van der Waals surface area contributed by atoms with Crippen LogP contribution in [0, 0.1) is 13.8 Å². The maximum absolute atomic E-state index is 11.9. The minimum Gasteiger partial charge on any atom is -0.462 e. The molecular formula is C20H35NO5. The molecule has 1 heterocycles. The van der Waals surface area contributed by atoms with Crippen LogP contribution >= 0.6 is 0 Å². The van der Waals surface area contributed by atoms with Gasteiger partial charge in [0.2, 0.25) is 0 Å². The fourth-order valence-electron chi connectivity index (χ4n) is 3.03. The van der Waals surface area contributed by atoms with Crippen molar-refractivity contribution in [2.24, 2.45) is 0 Å². The topological polar surface area (TPSA) is 65.1 Å². The minimum absolute atomic E-state index is 0.181. The molecule has 6 heteroatoms. The van der Waals surface area contributed by atoms with Gasteiger partial charge in [-0.1, -0.05) is 19.8 Å². The first kappa shape index (κ1) is 22.7. The molecule has 0 N–H and O–H groups in total. The van der Waals surface area contributed by atoms with E-state index in [-0.39, 0.29) is 18.5 Å². The predicted octanol–water partition coefficient (Wildman–Crippen LogP) is 3.93. The Bertz CT molecular complexity index is 394. The standard InChI is InChI=1S/C20H35NO5/c1-4-5-6-10-18(11-12-19(22)25-17(2)3)26-20(23)24-16-9-15-21-13-7-8-14-21/h17-18H,2-16H2,1H3. The van der Waals surface area contributed by atoms with Gasteiger partial charge in [0.1, 0.15) is 12.2 Å². The molecule has 1 aliphatic rings. The lowest BCUT2D eigenvalue weighted by Crippen LogP contribution is -2.24. The monoisotopic (exact) mass is 369 g/mol. The van der Waals surface area contributed by atoms with Gasteiger partial charge < -0.3 is 19.1 Å². The van der Waals surface area contributed by atoms with Crippen molar-refractivity contribution in [1.82, 2.24) is 4.90 Å². The zero-order valence-corrected chi connectivity index (χ0v) is 16.2. The number of rotatable bonds is 13. The smallest absolute Gasteiger partial charge is 0.462 e. The quantitative estimate of drug-likeness (QED) is 0.362. The van der Waals surface area contributed by atoms with E-state index in [1.54, 1.807) is 0 Å². The Morgan fingerprint density at radius 1 is 1.04 bits per heavy atom. The molecule has 1 saturated heterocycles. The Morgan fingerprint density at radius 2 is 1.77 bits per heavy atom. The molecule has 0 spiro atoms. The van der Waals surface area contributed by atoms with E-state index in [1.165, 1.54) is 12.8 Å². The lowest BCUT2D eigenvalue weighted by molar-refractivity contribution is -0.146. The van der Waals surface area contributed by atoms with Crippen molar-refractivity contribution < 1.29 is 23.8 Å². The second-order valence-corrected chi connectivity index (χ2v) is 6.89. The molecule has 0 aromatic carbocycles. The normalized spacial score (nSPS) is 15.8. The Morgan fingerprint density at radius 3 is 2.42 bits per heavy atom. The molecule has 26 heavy (non-hydrogen) atoms. The number of hydrogen-bond acceptors (Lipinski definition) is 6. The second-order valence-electron chi connectivity index (χ2n) is 6.89. The van der Waals surface area contributed by atoms with E-state index in [9.17, 15) is 9.59 Å². The molecule has 0 amide bonds. The molecule has 1 rings (SSSR count). The molecule has 1 unspecified atom stereocenters. The van der Waals surface area contributed by atoms with Gasteiger partial charge in [0, 0.05) is 13.0 Å². The summed E-state index contributed by atoms with van der Waals surface area (Å²) in [5.41, 5.74) is 0. The zero-order valence-electron chi connectivity index (χ0n) is 16.2. The lowest BCUT2D eigenvalue weighted by Gasteiger charge is -2.18. The zero-order chi connectivity index (χ0) is 19.2. The van der Waals surface area contributed by atoms with Crippen molar-refractivity contribution in [1.29, 1.82) is 0 Å². The molecule has 1 aliphatic heterocycles. The molecule has 1 fully saturated rings. The third-order valence-corrected chi connectivity index (χ3v) is 4.40. The number of ether oxygens (including phenoxy) is 3. The van der Waals surface area contributed by atoms with Crippen LogP contribution in [0.4, 0.5) is 4.79 Å². The van der Waals surface area contributed by atoms with Crippen molar-refractivity contribution in [3.63, 3.8) is 0 Å². The van der Waals surface area contributed by atoms with E-state index in [0.717, 1.165) is 51.7 Å². The summed E-state index contributed by atoms with van der Waals surface area (Å²) in [6, 6.07) is 0. The van der Waals surface area contributed by atoms with Crippen molar-refractivity contribution in [2.75, 3.05) is 26.2 Å². The Balaban J connectivity index is 2.25. The summed E-state index contributed by atoms with van der Waals surface area (Å²) < 4.78 is 15.5. The summed E-state index contributed by atoms with van der Waals surface area (Å²) in [6.45, 7) is 12.8. The fourth-order valence-corrected chi connectivity index (χ4v) is 3.03. The van der Waals surface area contributed by atoms with Crippen LogP contribution < -0.4 is 0 Å². The first-order chi connectivity index (χ1) is 12.5. The highest BCUT2D eigenvalue weighted by Gasteiger charge is 2.18. The van der Waals surface area contributed by atoms with E-state index in [2.05, 4.69) is 25.7 Å². The summed E-state index contributed by atoms with van der Waals surface area (Å²) in [4.78, 5) is 25.9. The summed E-state index contributed by atoms with van der Waals surface area (Å²) in [7, 11) is 0. The molecule has 0 saturated carbocycles. The molecule has 2 radical (unpaired) electrons. The Hall–Kier alpha value is -1.30. The van der Waals surface area contributed by atoms with Gasteiger partial charge in [-0.3, -0.25) is 4.79 Å². The molecule has 6 nitrogen and oxygen atoms in total. The van der Waals surface area contributed by atoms with Crippen molar-refractivity contribution >= 4 is 12.1 Å². The van der Waals surface area contributed by atoms with Crippen LogP contribution in [0.15, 0.2) is 0 Å². The number of carbonyl (C=O) groups excluding carboxylic acids is 2. The molecular weight excluding hydrogens is 334 g/mol. The van der Waals surface area contributed by atoms with Crippen LogP contribution in [0.1, 0.15) is 64.7 Å². The van der Waals surface area contributed by atoms with Crippen molar-refractivity contribution in [3.05, 3.63) is 13.8 Å². The van der Waals surface area contributed by atoms with Gasteiger partial charge in [0.05, 0.1) is 6.61 Å². The third kappa shape index (κ3) is 11.3. The highest BCUT2D eigenvalue weighted by atomic mass is 16.7. The largest absolute Gasteiger partial charge is 0.508 e. The van der Waals surface area contributed by atoms with E-state index in [0.29, 0.717) is 13.0 Å². The average molecular weight is 370 g/mol. The van der Waals surface area contributed by atoms with Crippen molar-refractivity contribution in [3.8, 4) is 0 Å². The van der Waals surface area contributed by atoms with Gasteiger partial charge in [-0.05, 0) is 65.5 Å². The number of carbonyl (C=O) groups is 2.